The number of hydrogen-bond donors (Lipinski definition) is 1. The van der Waals surface area contributed by atoms with Crippen molar-refractivity contribution in [3.63, 3.8) is 0 Å². The molecule has 0 bridgehead atoms. The van der Waals surface area contributed by atoms with Crippen LogP contribution in [0, 0.1) is 0 Å². The van der Waals surface area contributed by atoms with E-state index in [-0.39, 0.29) is 6.54 Å². The van der Waals surface area contributed by atoms with Gasteiger partial charge < -0.3 is 14.8 Å². The highest BCUT2D eigenvalue weighted by atomic mass is 19.3. The van der Waals surface area contributed by atoms with Crippen molar-refractivity contribution in [2.45, 2.75) is 31.6 Å². The second kappa shape index (κ2) is 6.28. The fourth-order valence-electron chi connectivity index (χ4n) is 2.14. The molecule has 2 rings (SSSR count). The van der Waals surface area contributed by atoms with E-state index in [1.807, 2.05) is 24.3 Å². The van der Waals surface area contributed by atoms with Crippen LogP contribution in [0.3, 0.4) is 0 Å². The number of alkyl halides is 2. The lowest BCUT2D eigenvalue weighted by Crippen LogP contribution is -2.26. The number of cyclic esters (lactones) is 1. The molecular formula is C14H17F2NO3. The van der Waals surface area contributed by atoms with Crippen LogP contribution in [0.15, 0.2) is 24.3 Å². The molecular weight excluding hydrogens is 268 g/mol. The fraction of sp³-hybridized carbons (Fsp3) is 0.500. The van der Waals surface area contributed by atoms with E-state index in [4.69, 9.17) is 4.74 Å². The molecule has 20 heavy (non-hydrogen) atoms. The number of nitrogens with one attached hydrogen (secondary N) is 1. The van der Waals surface area contributed by atoms with E-state index in [1.54, 1.807) is 7.11 Å². The van der Waals surface area contributed by atoms with Gasteiger partial charge in [0.2, 0.25) is 0 Å². The Hall–Kier alpha value is -1.53. The molecule has 1 fully saturated rings. The molecule has 1 aromatic carbocycles. The van der Waals surface area contributed by atoms with E-state index >= 15 is 0 Å². The lowest BCUT2D eigenvalue weighted by atomic mass is 10.1. The highest BCUT2D eigenvalue weighted by Gasteiger charge is 2.50. The van der Waals surface area contributed by atoms with Gasteiger partial charge in [0.15, 0.2) is 0 Å². The van der Waals surface area contributed by atoms with Crippen molar-refractivity contribution in [1.82, 2.24) is 5.32 Å². The highest BCUT2D eigenvalue weighted by Crippen LogP contribution is 2.30. The van der Waals surface area contributed by atoms with Gasteiger partial charge in [0.25, 0.3) is 0 Å². The quantitative estimate of drug-likeness (QED) is 0.811. The summed E-state index contributed by atoms with van der Waals surface area (Å²) in [6.45, 7) is 1.27. The zero-order valence-corrected chi connectivity index (χ0v) is 11.2. The maximum absolute atomic E-state index is 13.0. The Morgan fingerprint density at radius 1 is 1.45 bits per heavy atom. The molecule has 0 aliphatic carbocycles. The van der Waals surface area contributed by atoms with Crippen molar-refractivity contribution in [1.29, 1.82) is 0 Å². The molecule has 1 unspecified atom stereocenters. The van der Waals surface area contributed by atoms with Crippen LogP contribution >= 0.6 is 0 Å². The summed E-state index contributed by atoms with van der Waals surface area (Å²) in [6, 6.07) is 7.77. The summed E-state index contributed by atoms with van der Waals surface area (Å²) >= 11 is 0. The highest BCUT2D eigenvalue weighted by molar-refractivity contribution is 5.79. The average molecular weight is 285 g/mol. The summed E-state index contributed by atoms with van der Waals surface area (Å²) in [7, 11) is 1.62. The predicted octanol–water partition coefficient (Wildman–Crippen LogP) is 1.87. The van der Waals surface area contributed by atoms with Gasteiger partial charge >= 0.3 is 11.9 Å². The zero-order valence-electron chi connectivity index (χ0n) is 11.2. The third-order valence-corrected chi connectivity index (χ3v) is 3.06. The summed E-state index contributed by atoms with van der Waals surface area (Å²) in [5, 5.41) is 3.02. The van der Waals surface area contributed by atoms with Gasteiger partial charge in [-0.3, -0.25) is 0 Å². The van der Waals surface area contributed by atoms with Crippen LogP contribution in [-0.4, -0.2) is 31.7 Å². The molecule has 0 aromatic heterocycles. The zero-order chi connectivity index (χ0) is 14.6. The number of carbonyl (C=O) groups is 1. The first-order valence-corrected chi connectivity index (χ1v) is 6.37. The molecule has 6 heteroatoms. The standard InChI is InChI=1S/C14H17F2NO3/c1-19-9-11-4-2-3-10(5-11)7-17-8-12-6-14(15,16)13(18)20-12/h2-5,12,17H,6-9H2,1H3. The Morgan fingerprint density at radius 3 is 2.85 bits per heavy atom. The number of halogens is 2. The maximum Gasteiger partial charge on any atom is 0.377 e. The van der Waals surface area contributed by atoms with E-state index in [2.05, 4.69) is 10.1 Å². The largest absolute Gasteiger partial charge is 0.456 e. The topological polar surface area (TPSA) is 47.6 Å². The molecule has 4 nitrogen and oxygen atoms in total. The first-order chi connectivity index (χ1) is 9.51. The van der Waals surface area contributed by atoms with Crippen molar-refractivity contribution < 1.29 is 23.0 Å². The van der Waals surface area contributed by atoms with Crippen LogP contribution in [0.5, 0.6) is 0 Å². The monoisotopic (exact) mass is 285 g/mol. The molecule has 1 atom stereocenters. The van der Waals surface area contributed by atoms with Gasteiger partial charge in [-0.1, -0.05) is 24.3 Å². The molecule has 1 aliphatic rings. The van der Waals surface area contributed by atoms with Crippen LogP contribution < -0.4 is 5.32 Å². The Labute approximate surface area is 116 Å². The van der Waals surface area contributed by atoms with Crippen LogP contribution in [0.1, 0.15) is 17.5 Å². The van der Waals surface area contributed by atoms with Crippen molar-refractivity contribution in [2.75, 3.05) is 13.7 Å². The summed E-state index contributed by atoms with van der Waals surface area (Å²) in [5.74, 6) is -4.77. The van der Waals surface area contributed by atoms with E-state index in [1.165, 1.54) is 0 Å². The minimum Gasteiger partial charge on any atom is -0.456 e. The van der Waals surface area contributed by atoms with E-state index < -0.39 is 24.4 Å². The summed E-state index contributed by atoms with van der Waals surface area (Å²) in [6.07, 6.45) is -1.32. The second-order valence-electron chi connectivity index (χ2n) is 4.82. The predicted molar refractivity (Wildman–Crippen MR) is 68.3 cm³/mol. The van der Waals surface area contributed by atoms with Gasteiger partial charge in [0.1, 0.15) is 6.10 Å². The average Bonchev–Trinajstić information content (AvgIpc) is 2.64. The van der Waals surface area contributed by atoms with Gasteiger partial charge in [-0.2, -0.15) is 8.78 Å². The number of rotatable bonds is 6. The minimum atomic E-state index is -3.34. The minimum absolute atomic E-state index is 0.218. The number of benzene rings is 1. The van der Waals surface area contributed by atoms with Gasteiger partial charge in [-0.25, -0.2) is 4.79 Å². The number of ether oxygens (including phenoxy) is 2. The van der Waals surface area contributed by atoms with Crippen LogP contribution in [0.25, 0.3) is 0 Å². The van der Waals surface area contributed by atoms with Crippen molar-refractivity contribution in [3.8, 4) is 0 Å². The van der Waals surface area contributed by atoms with E-state index in [9.17, 15) is 13.6 Å². The van der Waals surface area contributed by atoms with Crippen molar-refractivity contribution in [3.05, 3.63) is 35.4 Å². The SMILES string of the molecule is COCc1cccc(CNCC2CC(F)(F)C(=O)O2)c1. The van der Waals surface area contributed by atoms with Gasteiger partial charge in [0, 0.05) is 20.2 Å². The van der Waals surface area contributed by atoms with E-state index in [0.29, 0.717) is 13.2 Å². The fourth-order valence-corrected chi connectivity index (χ4v) is 2.14. The van der Waals surface area contributed by atoms with Crippen LogP contribution in [-0.2, 0) is 27.4 Å². The van der Waals surface area contributed by atoms with Gasteiger partial charge in [-0.05, 0) is 11.1 Å². The molecule has 110 valence electrons. The van der Waals surface area contributed by atoms with E-state index in [0.717, 1.165) is 11.1 Å². The second-order valence-corrected chi connectivity index (χ2v) is 4.82. The smallest absolute Gasteiger partial charge is 0.377 e. The maximum atomic E-state index is 13.0. The van der Waals surface area contributed by atoms with Gasteiger partial charge in [-0.15, -0.1) is 0 Å². The lowest BCUT2D eigenvalue weighted by molar-refractivity contribution is -0.159. The summed E-state index contributed by atoms with van der Waals surface area (Å²) in [4.78, 5) is 10.8. The van der Waals surface area contributed by atoms with Crippen molar-refractivity contribution in [2.24, 2.45) is 0 Å². The number of esters is 1. The lowest BCUT2D eigenvalue weighted by Gasteiger charge is -2.10. The Bertz CT molecular complexity index is 479. The first-order valence-electron chi connectivity index (χ1n) is 6.37. The molecule has 1 N–H and O–H groups in total. The molecule has 1 aliphatic heterocycles. The summed E-state index contributed by atoms with van der Waals surface area (Å²) in [5.41, 5.74) is 2.07. The molecule has 1 heterocycles. The normalized spacial score (nSPS) is 20.9. The number of hydrogen-bond acceptors (Lipinski definition) is 4. The van der Waals surface area contributed by atoms with Crippen LogP contribution in [0.2, 0.25) is 0 Å². The molecule has 0 spiro atoms. The number of carbonyl (C=O) groups excluding carboxylic acids is 1. The van der Waals surface area contributed by atoms with Gasteiger partial charge in [0.05, 0.1) is 13.0 Å². The molecule has 0 saturated carbocycles. The Morgan fingerprint density at radius 2 is 2.20 bits per heavy atom. The first kappa shape index (κ1) is 14.9. The number of methoxy groups -OCH3 is 1. The van der Waals surface area contributed by atoms with Crippen molar-refractivity contribution >= 4 is 5.97 Å². The third-order valence-electron chi connectivity index (χ3n) is 3.06. The Balaban J connectivity index is 1.79. The summed E-state index contributed by atoms with van der Waals surface area (Å²) < 4.78 is 35.6. The van der Waals surface area contributed by atoms with Crippen LogP contribution in [0.4, 0.5) is 8.78 Å². The molecule has 1 saturated heterocycles. The Kier molecular flexibility index (Phi) is 4.67. The molecule has 1 aromatic rings. The molecule has 0 amide bonds. The molecule has 0 radical (unpaired) electrons. The third kappa shape index (κ3) is 3.74.